The van der Waals surface area contributed by atoms with Crippen LogP contribution in [0.25, 0.3) is 0 Å². The Morgan fingerprint density at radius 2 is 2.05 bits per heavy atom. The van der Waals surface area contributed by atoms with Crippen LogP contribution in [0, 0.1) is 6.92 Å². The van der Waals surface area contributed by atoms with Gasteiger partial charge in [0.25, 0.3) is 5.91 Å². The quantitative estimate of drug-likeness (QED) is 0.603. The Hall–Kier alpha value is -1.98. The zero-order valence-electron chi connectivity index (χ0n) is 12.2. The molecule has 0 saturated carbocycles. The minimum Gasteiger partial charge on any atom is -0.466 e. The maximum absolute atomic E-state index is 12.1. The minimum absolute atomic E-state index is 0.177. The van der Waals surface area contributed by atoms with Crippen LogP contribution in [-0.4, -0.2) is 35.2 Å². The Balaban J connectivity index is 2.47. The van der Waals surface area contributed by atoms with Crippen LogP contribution in [-0.2, 0) is 16.0 Å². The van der Waals surface area contributed by atoms with Crippen molar-refractivity contribution in [3.05, 3.63) is 23.0 Å². The molecule has 110 valence electrons. The molecule has 1 aromatic heterocycles. The van der Waals surface area contributed by atoms with Crippen molar-refractivity contribution >= 4 is 11.9 Å². The number of nitrogens with zero attached hydrogens (tertiary/aromatic N) is 2. The van der Waals surface area contributed by atoms with Crippen molar-refractivity contribution in [3.63, 3.8) is 0 Å². The van der Waals surface area contributed by atoms with Gasteiger partial charge in [-0.05, 0) is 32.8 Å². The van der Waals surface area contributed by atoms with Gasteiger partial charge in [-0.25, -0.2) is 0 Å². The predicted octanol–water partition coefficient (Wildman–Crippen LogP) is 1.42. The average molecular weight is 279 g/mol. The fraction of sp³-hybridized carbons (Fsp3) is 0.571. The lowest BCUT2D eigenvalue weighted by atomic mass is 10.1. The summed E-state index contributed by atoms with van der Waals surface area (Å²) in [7, 11) is 0. The Labute approximate surface area is 118 Å². The molecule has 20 heavy (non-hydrogen) atoms. The van der Waals surface area contributed by atoms with Crippen molar-refractivity contribution in [1.82, 2.24) is 15.5 Å². The van der Waals surface area contributed by atoms with Crippen LogP contribution < -0.4 is 5.32 Å². The van der Waals surface area contributed by atoms with E-state index in [1.165, 1.54) is 0 Å². The first-order chi connectivity index (χ1) is 9.58. The van der Waals surface area contributed by atoms with Gasteiger partial charge >= 0.3 is 5.97 Å². The largest absolute Gasteiger partial charge is 0.466 e. The molecule has 0 aromatic carbocycles. The Morgan fingerprint density at radius 3 is 2.70 bits per heavy atom. The third-order valence-corrected chi connectivity index (χ3v) is 2.72. The first-order valence-electron chi connectivity index (χ1n) is 6.85. The number of hydrogen-bond donors (Lipinski definition) is 1. The first-order valence-corrected chi connectivity index (χ1v) is 6.85. The third kappa shape index (κ3) is 4.95. The van der Waals surface area contributed by atoms with Gasteiger partial charge in [0.05, 0.1) is 23.6 Å². The lowest BCUT2D eigenvalue weighted by Gasteiger charge is -2.08. The van der Waals surface area contributed by atoms with Gasteiger partial charge in [-0.15, -0.1) is 0 Å². The van der Waals surface area contributed by atoms with Crippen LogP contribution in [0.1, 0.15) is 48.4 Å². The number of aryl methyl sites for hydroxylation is 2. The molecule has 0 aliphatic rings. The van der Waals surface area contributed by atoms with E-state index in [9.17, 15) is 9.59 Å². The zero-order valence-corrected chi connectivity index (χ0v) is 12.2. The van der Waals surface area contributed by atoms with E-state index in [1.54, 1.807) is 19.9 Å². The third-order valence-electron chi connectivity index (χ3n) is 2.72. The molecule has 6 heteroatoms. The standard InChI is InChI=1S/C14H21N3O3/c1-4-12-11(9-10(3)16-17-12)14(19)15-8-6-7-13(18)20-5-2/h9H,4-8H2,1-3H3,(H,15,19). The summed E-state index contributed by atoms with van der Waals surface area (Å²) in [6.45, 7) is 6.31. The molecule has 0 spiro atoms. The summed E-state index contributed by atoms with van der Waals surface area (Å²) >= 11 is 0. The fourth-order valence-electron chi connectivity index (χ4n) is 1.73. The van der Waals surface area contributed by atoms with E-state index < -0.39 is 0 Å². The molecule has 1 aromatic rings. The summed E-state index contributed by atoms with van der Waals surface area (Å²) < 4.78 is 4.82. The number of ether oxygens (including phenoxy) is 1. The van der Waals surface area contributed by atoms with Crippen LogP contribution >= 0.6 is 0 Å². The number of carbonyl (C=O) groups excluding carboxylic acids is 2. The number of hydrogen-bond acceptors (Lipinski definition) is 5. The normalized spacial score (nSPS) is 10.2. The second-order valence-corrected chi connectivity index (χ2v) is 4.36. The second-order valence-electron chi connectivity index (χ2n) is 4.36. The monoisotopic (exact) mass is 279 g/mol. The molecule has 0 aliphatic heterocycles. The van der Waals surface area contributed by atoms with Crippen LogP contribution in [0.15, 0.2) is 6.07 Å². The number of nitrogens with one attached hydrogen (secondary N) is 1. The SMILES string of the molecule is CCOC(=O)CCCNC(=O)c1cc(C)nnc1CC. The highest BCUT2D eigenvalue weighted by molar-refractivity contribution is 5.95. The predicted molar refractivity (Wildman–Crippen MR) is 74.3 cm³/mol. The van der Waals surface area contributed by atoms with Crippen LogP contribution in [0.3, 0.4) is 0 Å². The molecule has 6 nitrogen and oxygen atoms in total. The fourth-order valence-corrected chi connectivity index (χ4v) is 1.73. The van der Waals surface area contributed by atoms with Gasteiger partial charge in [-0.2, -0.15) is 10.2 Å². The van der Waals surface area contributed by atoms with Gasteiger partial charge in [0.1, 0.15) is 0 Å². The molecule has 0 atom stereocenters. The van der Waals surface area contributed by atoms with Crippen molar-refractivity contribution in [2.24, 2.45) is 0 Å². The molecular weight excluding hydrogens is 258 g/mol. The minimum atomic E-state index is -0.239. The highest BCUT2D eigenvalue weighted by atomic mass is 16.5. The summed E-state index contributed by atoms with van der Waals surface area (Å²) in [4.78, 5) is 23.2. The van der Waals surface area contributed by atoms with Crippen molar-refractivity contribution in [3.8, 4) is 0 Å². The number of rotatable bonds is 7. The van der Waals surface area contributed by atoms with Crippen LogP contribution in [0.2, 0.25) is 0 Å². The lowest BCUT2D eigenvalue weighted by Crippen LogP contribution is -2.26. The molecule has 1 amide bonds. The summed E-state index contributed by atoms with van der Waals surface area (Å²) in [5.74, 6) is -0.416. The molecule has 1 rings (SSSR count). The number of aromatic nitrogens is 2. The van der Waals surface area contributed by atoms with E-state index in [1.807, 2.05) is 6.92 Å². The molecule has 0 radical (unpaired) electrons. The number of amides is 1. The summed E-state index contributed by atoms with van der Waals surface area (Å²) in [6, 6.07) is 1.73. The molecule has 1 heterocycles. The summed E-state index contributed by atoms with van der Waals surface area (Å²) in [5.41, 5.74) is 1.94. The molecule has 0 saturated heterocycles. The van der Waals surface area contributed by atoms with Crippen LogP contribution in [0.4, 0.5) is 0 Å². The van der Waals surface area contributed by atoms with Crippen molar-refractivity contribution in [1.29, 1.82) is 0 Å². The molecule has 0 aliphatic carbocycles. The van der Waals surface area contributed by atoms with Gasteiger partial charge in [0.2, 0.25) is 0 Å². The molecule has 0 unspecified atom stereocenters. The smallest absolute Gasteiger partial charge is 0.305 e. The highest BCUT2D eigenvalue weighted by Crippen LogP contribution is 2.07. The average Bonchev–Trinajstić information content (AvgIpc) is 2.43. The van der Waals surface area contributed by atoms with Crippen molar-refractivity contribution < 1.29 is 14.3 Å². The second kappa shape index (κ2) is 8.24. The maximum atomic E-state index is 12.1. The Morgan fingerprint density at radius 1 is 1.30 bits per heavy atom. The molecule has 0 fully saturated rings. The van der Waals surface area contributed by atoms with E-state index in [-0.39, 0.29) is 11.9 Å². The number of carbonyl (C=O) groups is 2. The van der Waals surface area contributed by atoms with E-state index in [2.05, 4.69) is 15.5 Å². The van der Waals surface area contributed by atoms with E-state index >= 15 is 0 Å². The topological polar surface area (TPSA) is 81.2 Å². The van der Waals surface area contributed by atoms with Gasteiger partial charge in [0.15, 0.2) is 0 Å². The Bertz CT molecular complexity index is 475. The summed E-state index contributed by atoms with van der Waals surface area (Å²) in [6.07, 6.45) is 1.52. The van der Waals surface area contributed by atoms with Gasteiger partial charge in [-0.3, -0.25) is 9.59 Å². The zero-order chi connectivity index (χ0) is 15.0. The van der Waals surface area contributed by atoms with Gasteiger partial charge < -0.3 is 10.1 Å². The van der Waals surface area contributed by atoms with E-state index in [4.69, 9.17) is 4.74 Å². The number of esters is 1. The lowest BCUT2D eigenvalue weighted by molar-refractivity contribution is -0.143. The van der Waals surface area contributed by atoms with Gasteiger partial charge in [0, 0.05) is 13.0 Å². The van der Waals surface area contributed by atoms with Crippen molar-refractivity contribution in [2.45, 2.75) is 40.0 Å². The molecule has 1 N–H and O–H groups in total. The van der Waals surface area contributed by atoms with Gasteiger partial charge in [-0.1, -0.05) is 6.92 Å². The van der Waals surface area contributed by atoms with E-state index in [0.29, 0.717) is 49.4 Å². The molecular formula is C14H21N3O3. The molecule has 0 bridgehead atoms. The van der Waals surface area contributed by atoms with Crippen molar-refractivity contribution in [2.75, 3.05) is 13.2 Å². The highest BCUT2D eigenvalue weighted by Gasteiger charge is 2.12. The van der Waals surface area contributed by atoms with Crippen LogP contribution in [0.5, 0.6) is 0 Å². The maximum Gasteiger partial charge on any atom is 0.305 e. The summed E-state index contributed by atoms with van der Waals surface area (Å²) in [5, 5.41) is 10.7. The Kier molecular flexibility index (Phi) is 6.63. The first kappa shape index (κ1) is 16.1. The van der Waals surface area contributed by atoms with E-state index in [0.717, 1.165) is 0 Å².